The second-order valence-electron chi connectivity index (χ2n) is 6.78. The van der Waals surface area contributed by atoms with E-state index in [4.69, 9.17) is 5.41 Å². The van der Waals surface area contributed by atoms with Crippen LogP contribution in [0.4, 0.5) is 0 Å². The van der Waals surface area contributed by atoms with Crippen LogP contribution < -0.4 is 0 Å². The van der Waals surface area contributed by atoms with Crippen LogP contribution in [0.25, 0.3) is 15.8 Å². The first kappa shape index (κ1) is 15.6. The molecule has 1 fully saturated rings. The molecular weight excluding hydrogens is 318 g/mol. The third kappa shape index (κ3) is 2.81. The van der Waals surface area contributed by atoms with Crippen LogP contribution in [0.3, 0.4) is 0 Å². The fourth-order valence-electron chi connectivity index (χ4n) is 3.86. The smallest absolute Gasteiger partial charge is 0.135 e. The van der Waals surface area contributed by atoms with E-state index in [1.165, 1.54) is 32.1 Å². The minimum absolute atomic E-state index is 0.307. The molecule has 126 valence electrons. The summed E-state index contributed by atoms with van der Waals surface area (Å²) in [4.78, 5) is 6.74. The van der Waals surface area contributed by atoms with Gasteiger partial charge in [-0.25, -0.2) is 4.98 Å². The van der Waals surface area contributed by atoms with Crippen molar-refractivity contribution in [2.45, 2.75) is 51.0 Å². The first-order valence-electron chi connectivity index (χ1n) is 8.87. The van der Waals surface area contributed by atoms with Crippen LogP contribution in [0, 0.1) is 5.41 Å². The Balaban J connectivity index is 1.60. The molecule has 1 aliphatic carbocycles. The van der Waals surface area contributed by atoms with Crippen molar-refractivity contribution in [3.05, 3.63) is 35.0 Å². The maximum Gasteiger partial charge on any atom is 0.135 e. The largest absolute Gasteiger partial charge is 0.510 e. The van der Waals surface area contributed by atoms with E-state index in [0.29, 0.717) is 29.8 Å². The van der Waals surface area contributed by atoms with E-state index >= 15 is 0 Å². The number of nitrogens with zero attached hydrogens (tertiary/aromatic N) is 2. The number of para-hydroxylation sites is 1. The lowest BCUT2D eigenvalue weighted by molar-refractivity contribution is 0.253. The van der Waals surface area contributed by atoms with Gasteiger partial charge in [0, 0.05) is 6.04 Å². The molecule has 0 radical (unpaired) electrons. The molecule has 4 rings (SSSR count). The fraction of sp³-hybridized carbons (Fsp3) is 0.474. The van der Waals surface area contributed by atoms with Gasteiger partial charge in [-0.15, -0.1) is 11.3 Å². The number of amidine groups is 1. The lowest BCUT2D eigenvalue weighted by Gasteiger charge is -2.31. The van der Waals surface area contributed by atoms with Crippen molar-refractivity contribution in [3.63, 3.8) is 0 Å². The summed E-state index contributed by atoms with van der Waals surface area (Å²) in [5, 5.41) is 19.9. The highest BCUT2D eigenvalue weighted by Gasteiger charge is 2.34. The molecule has 2 aromatic rings. The Morgan fingerprint density at radius 1 is 1.08 bits per heavy atom. The zero-order chi connectivity index (χ0) is 16.5. The van der Waals surface area contributed by atoms with Gasteiger partial charge in [0.2, 0.25) is 0 Å². The van der Waals surface area contributed by atoms with Crippen molar-refractivity contribution in [1.29, 1.82) is 5.41 Å². The molecule has 24 heavy (non-hydrogen) atoms. The van der Waals surface area contributed by atoms with E-state index in [1.54, 1.807) is 11.3 Å². The van der Waals surface area contributed by atoms with Crippen molar-refractivity contribution in [2.75, 3.05) is 6.54 Å². The molecule has 1 aromatic heterocycles. The lowest BCUT2D eigenvalue weighted by Crippen LogP contribution is -2.37. The van der Waals surface area contributed by atoms with E-state index in [1.807, 2.05) is 24.3 Å². The van der Waals surface area contributed by atoms with Gasteiger partial charge in [0.1, 0.15) is 16.6 Å². The minimum atomic E-state index is 0.307. The van der Waals surface area contributed by atoms with Gasteiger partial charge in [0.15, 0.2) is 0 Å². The zero-order valence-corrected chi connectivity index (χ0v) is 14.6. The Morgan fingerprint density at radius 2 is 1.79 bits per heavy atom. The summed E-state index contributed by atoms with van der Waals surface area (Å²) >= 11 is 1.56. The first-order valence-corrected chi connectivity index (χ1v) is 9.69. The monoisotopic (exact) mass is 341 g/mol. The molecule has 1 aliphatic heterocycles. The standard InChI is InChI=1S/C19H23N3OS/c20-18-17(19-21-14-10-6-7-11-16(14)24-19)15(23)12-22(18)13-8-4-2-1-3-5-9-13/h6-7,10-11,13,20,23H,1-5,8-9,12H2. The number of hydrogen-bond donors (Lipinski definition) is 2. The number of fused-ring (bicyclic) bond motifs is 1. The summed E-state index contributed by atoms with van der Waals surface area (Å²) in [6.45, 7) is 0.467. The summed E-state index contributed by atoms with van der Waals surface area (Å²) in [7, 11) is 0. The van der Waals surface area contributed by atoms with Crippen LogP contribution in [0.2, 0.25) is 0 Å². The van der Waals surface area contributed by atoms with Crippen molar-refractivity contribution in [2.24, 2.45) is 0 Å². The number of aliphatic hydroxyl groups excluding tert-OH is 1. The Labute approximate surface area is 146 Å². The summed E-state index contributed by atoms with van der Waals surface area (Å²) in [5.41, 5.74) is 1.58. The summed E-state index contributed by atoms with van der Waals surface area (Å²) in [6, 6.07) is 8.38. The van der Waals surface area contributed by atoms with E-state index in [9.17, 15) is 5.11 Å². The predicted molar refractivity (Wildman–Crippen MR) is 99.7 cm³/mol. The molecule has 1 aromatic carbocycles. The molecule has 0 unspecified atom stereocenters. The number of nitrogens with one attached hydrogen (secondary N) is 1. The third-order valence-corrected chi connectivity index (χ3v) is 6.21. The van der Waals surface area contributed by atoms with Gasteiger partial charge in [-0.1, -0.05) is 44.2 Å². The number of rotatable bonds is 2. The first-order chi connectivity index (χ1) is 11.7. The maximum atomic E-state index is 10.5. The van der Waals surface area contributed by atoms with Crippen molar-refractivity contribution >= 4 is 33.0 Å². The van der Waals surface area contributed by atoms with Crippen LogP contribution in [0.15, 0.2) is 30.0 Å². The Hall–Kier alpha value is -1.88. The molecular formula is C19H23N3OS. The van der Waals surface area contributed by atoms with Crippen LogP contribution >= 0.6 is 11.3 Å². The summed E-state index contributed by atoms with van der Waals surface area (Å²) in [6.07, 6.45) is 8.64. The summed E-state index contributed by atoms with van der Waals surface area (Å²) < 4.78 is 1.10. The Kier molecular flexibility index (Phi) is 4.27. The molecule has 0 spiro atoms. The highest BCUT2D eigenvalue weighted by atomic mass is 32.1. The second kappa shape index (κ2) is 6.55. The van der Waals surface area contributed by atoms with Crippen molar-refractivity contribution < 1.29 is 5.11 Å². The molecule has 4 nitrogen and oxygen atoms in total. The zero-order valence-electron chi connectivity index (χ0n) is 13.8. The molecule has 0 amide bonds. The maximum absolute atomic E-state index is 10.5. The van der Waals surface area contributed by atoms with Crippen LogP contribution in [-0.4, -0.2) is 33.4 Å². The molecule has 0 bridgehead atoms. The fourth-order valence-corrected chi connectivity index (χ4v) is 4.90. The number of aliphatic hydroxyl groups is 1. The van der Waals surface area contributed by atoms with E-state index in [-0.39, 0.29) is 0 Å². The van der Waals surface area contributed by atoms with E-state index in [2.05, 4.69) is 9.88 Å². The second-order valence-corrected chi connectivity index (χ2v) is 7.81. The van der Waals surface area contributed by atoms with E-state index < -0.39 is 0 Å². The highest BCUT2D eigenvalue weighted by Crippen LogP contribution is 2.35. The van der Waals surface area contributed by atoms with Gasteiger partial charge in [-0.2, -0.15) is 0 Å². The van der Waals surface area contributed by atoms with Gasteiger partial charge in [-0.05, 0) is 25.0 Å². The van der Waals surface area contributed by atoms with Gasteiger partial charge in [0.25, 0.3) is 0 Å². The topological polar surface area (TPSA) is 60.2 Å². The summed E-state index contributed by atoms with van der Waals surface area (Å²) in [5.74, 6) is 0.762. The van der Waals surface area contributed by atoms with E-state index in [0.717, 1.165) is 28.1 Å². The third-order valence-electron chi connectivity index (χ3n) is 5.16. The quantitative estimate of drug-likeness (QED) is 0.810. The highest BCUT2D eigenvalue weighted by molar-refractivity contribution is 7.19. The molecule has 2 heterocycles. The lowest BCUT2D eigenvalue weighted by atomic mass is 9.95. The molecule has 0 saturated heterocycles. The molecule has 5 heteroatoms. The van der Waals surface area contributed by atoms with Gasteiger partial charge < -0.3 is 10.0 Å². The Morgan fingerprint density at radius 3 is 2.54 bits per heavy atom. The van der Waals surface area contributed by atoms with Gasteiger partial charge >= 0.3 is 0 Å². The molecule has 1 saturated carbocycles. The van der Waals surface area contributed by atoms with Gasteiger partial charge in [0.05, 0.1) is 22.3 Å². The number of thiazole rings is 1. The molecule has 2 aliphatic rings. The average Bonchev–Trinajstić information content (AvgIpc) is 3.08. The van der Waals surface area contributed by atoms with Gasteiger partial charge in [-0.3, -0.25) is 5.41 Å². The minimum Gasteiger partial charge on any atom is -0.510 e. The molecule has 0 atom stereocenters. The number of hydrogen-bond acceptors (Lipinski definition) is 4. The van der Waals surface area contributed by atoms with Crippen LogP contribution in [-0.2, 0) is 0 Å². The van der Waals surface area contributed by atoms with Crippen LogP contribution in [0.1, 0.15) is 50.0 Å². The van der Waals surface area contributed by atoms with Crippen molar-refractivity contribution in [3.8, 4) is 0 Å². The number of benzene rings is 1. The van der Waals surface area contributed by atoms with Crippen molar-refractivity contribution in [1.82, 2.24) is 9.88 Å². The number of aromatic nitrogens is 1. The SMILES string of the molecule is N=C1C(c2nc3ccccc3s2)=C(O)CN1C1CCCCCCC1. The normalized spacial score (nSPS) is 20.7. The molecule has 2 N–H and O–H groups in total. The predicted octanol–water partition coefficient (Wildman–Crippen LogP) is 4.97. The van der Waals surface area contributed by atoms with Crippen LogP contribution in [0.5, 0.6) is 0 Å². The average molecular weight is 341 g/mol. The Bertz CT molecular complexity index is 754.